The number of benzene rings is 1. The van der Waals surface area contributed by atoms with Gasteiger partial charge < -0.3 is 10.1 Å². The Morgan fingerprint density at radius 2 is 2.28 bits per heavy atom. The third-order valence-electron chi connectivity index (χ3n) is 3.41. The molecule has 0 aliphatic rings. The summed E-state index contributed by atoms with van der Waals surface area (Å²) in [6.07, 6.45) is 0.666. The van der Waals surface area contributed by atoms with Gasteiger partial charge in [0.1, 0.15) is 6.07 Å². The second-order valence-electron chi connectivity index (χ2n) is 5.22. The molecule has 2 rings (SSSR count). The number of carbonyl (C=O) groups is 1. The van der Waals surface area contributed by atoms with Crippen LogP contribution in [0.4, 0.5) is 5.69 Å². The minimum atomic E-state index is -0.497. The van der Waals surface area contributed by atoms with E-state index in [2.05, 4.69) is 15.5 Å². The molecule has 25 heavy (non-hydrogen) atoms. The molecule has 0 saturated carbocycles. The Labute approximate surface area is 149 Å². The van der Waals surface area contributed by atoms with E-state index in [1.54, 1.807) is 38.3 Å². The number of methoxy groups -OCH3 is 1. The molecule has 1 amide bonds. The first kappa shape index (κ1) is 18.8. The highest BCUT2D eigenvalue weighted by atomic mass is 32.2. The van der Waals surface area contributed by atoms with Crippen LogP contribution in [0.2, 0.25) is 0 Å². The van der Waals surface area contributed by atoms with Crippen LogP contribution < -0.4 is 11.0 Å². The van der Waals surface area contributed by atoms with Crippen molar-refractivity contribution in [3.05, 3.63) is 40.3 Å². The molecule has 9 heteroatoms. The smallest absolute Gasteiger partial charge is 0.343 e. The van der Waals surface area contributed by atoms with Gasteiger partial charge in [0.05, 0.1) is 16.5 Å². The van der Waals surface area contributed by atoms with Crippen molar-refractivity contribution >= 4 is 23.4 Å². The summed E-state index contributed by atoms with van der Waals surface area (Å²) in [6.45, 7) is 2.70. The fourth-order valence-corrected chi connectivity index (χ4v) is 2.97. The standard InChI is InChI=1S/C16H19N5O3S/c1-11(14(22)18-13-7-4-3-6-12(13)10-17)25-16-20-19-15(23)21(16)8-5-9-24-2/h3-4,6-7,11H,5,8-9H2,1-2H3,(H,18,22)(H,19,23). The van der Waals surface area contributed by atoms with Gasteiger partial charge in [-0.1, -0.05) is 23.9 Å². The maximum atomic E-state index is 12.4. The molecule has 132 valence electrons. The first-order valence-corrected chi connectivity index (χ1v) is 8.55. The number of hydrogen-bond acceptors (Lipinski definition) is 6. The monoisotopic (exact) mass is 361 g/mol. The van der Waals surface area contributed by atoms with Crippen LogP contribution in [0.15, 0.2) is 34.2 Å². The quantitative estimate of drug-likeness (QED) is 0.545. The molecule has 8 nitrogen and oxygen atoms in total. The van der Waals surface area contributed by atoms with Crippen molar-refractivity contribution in [2.24, 2.45) is 0 Å². The van der Waals surface area contributed by atoms with Crippen molar-refractivity contribution in [1.29, 1.82) is 5.26 Å². The van der Waals surface area contributed by atoms with E-state index in [9.17, 15) is 9.59 Å². The highest BCUT2D eigenvalue weighted by Gasteiger charge is 2.19. The Balaban J connectivity index is 2.04. The predicted octanol–water partition coefficient (Wildman–Crippen LogP) is 1.60. The normalized spacial score (nSPS) is 11.7. The fraction of sp³-hybridized carbons (Fsp3) is 0.375. The lowest BCUT2D eigenvalue weighted by molar-refractivity contribution is -0.115. The molecule has 0 aliphatic carbocycles. The molecule has 0 fully saturated rings. The molecule has 1 unspecified atom stereocenters. The minimum Gasteiger partial charge on any atom is -0.385 e. The molecule has 1 aromatic carbocycles. The molecule has 1 heterocycles. The summed E-state index contributed by atoms with van der Waals surface area (Å²) in [4.78, 5) is 24.2. The summed E-state index contributed by atoms with van der Waals surface area (Å²) in [5.41, 5.74) is 0.535. The van der Waals surface area contributed by atoms with Gasteiger partial charge in [-0.25, -0.2) is 9.89 Å². The number of rotatable bonds is 8. The van der Waals surface area contributed by atoms with E-state index in [4.69, 9.17) is 10.00 Å². The van der Waals surface area contributed by atoms with Crippen molar-refractivity contribution in [3.63, 3.8) is 0 Å². The van der Waals surface area contributed by atoms with E-state index in [1.165, 1.54) is 16.3 Å². The maximum Gasteiger partial charge on any atom is 0.343 e. The Hall–Kier alpha value is -2.57. The number of anilines is 1. The second-order valence-corrected chi connectivity index (χ2v) is 6.52. The van der Waals surface area contributed by atoms with Gasteiger partial charge in [0.25, 0.3) is 0 Å². The predicted molar refractivity (Wildman–Crippen MR) is 94.4 cm³/mol. The first-order valence-electron chi connectivity index (χ1n) is 7.67. The molecular weight excluding hydrogens is 342 g/mol. The van der Waals surface area contributed by atoms with Crippen LogP contribution >= 0.6 is 11.8 Å². The van der Waals surface area contributed by atoms with Crippen LogP contribution in [0.3, 0.4) is 0 Å². The van der Waals surface area contributed by atoms with Gasteiger partial charge in [-0.2, -0.15) is 5.26 Å². The lowest BCUT2D eigenvalue weighted by Crippen LogP contribution is -2.24. The van der Waals surface area contributed by atoms with Gasteiger partial charge in [-0.3, -0.25) is 9.36 Å². The number of thioether (sulfide) groups is 1. The molecule has 1 atom stereocenters. The molecule has 0 bridgehead atoms. The molecule has 0 radical (unpaired) electrons. The van der Waals surface area contributed by atoms with Crippen LogP contribution in [-0.2, 0) is 16.1 Å². The largest absolute Gasteiger partial charge is 0.385 e. The molecule has 2 aromatic rings. The van der Waals surface area contributed by atoms with Gasteiger partial charge in [0, 0.05) is 20.3 Å². The molecule has 0 saturated heterocycles. The van der Waals surface area contributed by atoms with Gasteiger partial charge in [0.15, 0.2) is 5.16 Å². The number of para-hydroxylation sites is 1. The van der Waals surface area contributed by atoms with Crippen LogP contribution in [0, 0.1) is 11.3 Å². The summed E-state index contributed by atoms with van der Waals surface area (Å²) in [6, 6.07) is 8.81. The van der Waals surface area contributed by atoms with E-state index in [0.717, 1.165) is 0 Å². The Kier molecular flexibility index (Phi) is 6.80. The van der Waals surface area contributed by atoms with Crippen molar-refractivity contribution in [3.8, 4) is 6.07 Å². The third kappa shape index (κ3) is 4.95. The Morgan fingerprint density at radius 1 is 1.52 bits per heavy atom. The Bertz CT molecular complexity index is 824. The maximum absolute atomic E-state index is 12.4. The van der Waals surface area contributed by atoms with Crippen molar-refractivity contribution in [2.75, 3.05) is 19.0 Å². The minimum absolute atomic E-state index is 0.272. The molecule has 0 aliphatic heterocycles. The van der Waals surface area contributed by atoms with Crippen molar-refractivity contribution < 1.29 is 9.53 Å². The average molecular weight is 361 g/mol. The van der Waals surface area contributed by atoms with Gasteiger partial charge >= 0.3 is 5.69 Å². The number of aromatic nitrogens is 3. The Morgan fingerprint density at radius 3 is 3.00 bits per heavy atom. The van der Waals surface area contributed by atoms with E-state index in [0.29, 0.717) is 36.0 Å². The zero-order chi connectivity index (χ0) is 18.2. The topological polar surface area (TPSA) is 113 Å². The summed E-state index contributed by atoms with van der Waals surface area (Å²) in [5, 5.41) is 18.1. The number of carbonyl (C=O) groups excluding carboxylic acids is 1. The fourth-order valence-electron chi connectivity index (χ4n) is 2.09. The lowest BCUT2D eigenvalue weighted by Gasteiger charge is -2.12. The van der Waals surface area contributed by atoms with Crippen LogP contribution in [-0.4, -0.2) is 39.6 Å². The number of aromatic amines is 1. The second kappa shape index (κ2) is 9.05. The molecular formula is C16H19N5O3S. The van der Waals surface area contributed by atoms with Crippen LogP contribution in [0.5, 0.6) is 0 Å². The molecule has 2 N–H and O–H groups in total. The van der Waals surface area contributed by atoms with Crippen molar-refractivity contribution in [2.45, 2.75) is 30.3 Å². The summed E-state index contributed by atoms with van der Waals surface area (Å²) < 4.78 is 6.47. The third-order valence-corrected chi connectivity index (χ3v) is 4.50. The summed E-state index contributed by atoms with van der Waals surface area (Å²) in [7, 11) is 1.60. The average Bonchev–Trinajstić information content (AvgIpc) is 2.95. The number of nitrogens with zero attached hydrogens (tertiary/aromatic N) is 3. The first-order chi connectivity index (χ1) is 12.1. The van der Waals surface area contributed by atoms with Gasteiger partial charge in [-0.15, -0.1) is 5.10 Å². The van der Waals surface area contributed by atoms with Gasteiger partial charge in [0.2, 0.25) is 5.91 Å². The molecule has 0 spiro atoms. The van der Waals surface area contributed by atoms with Crippen LogP contribution in [0.25, 0.3) is 0 Å². The summed E-state index contributed by atoms with van der Waals surface area (Å²) in [5.74, 6) is -0.272. The van der Waals surface area contributed by atoms with Crippen LogP contribution in [0.1, 0.15) is 18.9 Å². The zero-order valence-electron chi connectivity index (χ0n) is 14.0. The zero-order valence-corrected chi connectivity index (χ0v) is 14.8. The van der Waals surface area contributed by atoms with Gasteiger partial charge in [-0.05, 0) is 25.5 Å². The number of H-pyrrole nitrogens is 1. The van der Waals surface area contributed by atoms with E-state index in [1.807, 2.05) is 6.07 Å². The highest BCUT2D eigenvalue weighted by Crippen LogP contribution is 2.22. The number of nitriles is 1. The number of amides is 1. The number of ether oxygens (including phenoxy) is 1. The van der Waals surface area contributed by atoms with Crippen molar-refractivity contribution in [1.82, 2.24) is 14.8 Å². The van der Waals surface area contributed by atoms with E-state index in [-0.39, 0.29) is 11.6 Å². The number of nitrogens with one attached hydrogen (secondary N) is 2. The lowest BCUT2D eigenvalue weighted by atomic mass is 10.2. The highest BCUT2D eigenvalue weighted by molar-refractivity contribution is 8.00. The number of hydrogen-bond donors (Lipinski definition) is 2. The summed E-state index contributed by atoms with van der Waals surface area (Å²) >= 11 is 1.17. The SMILES string of the molecule is COCCCn1c(SC(C)C(=O)Nc2ccccc2C#N)n[nH]c1=O. The van der Waals surface area contributed by atoms with E-state index >= 15 is 0 Å². The van der Waals surface area contributed by atoms with E-state index < -0.39 is 5.25 Å². The molecule has 1 aromatic heterocycles.